The summed E-state index contributed by atoms with van der Waals surface area (Å²) < 4.78 is 11.5. The summed E-state index contributed by atoms with van der Waals surface area (Å²) >= 11 is 0. The van der Waals surface area contributed by atoms with Crippen LogP contribution >= 0.6 is 0 Å². The lowest BCUT2D eigenvalue weighted by Crippen LogP contribution is -2.33. The maximum absolute atomic E-state index is 10.5. The molecule has 0 amide bonds. The lowest BCUT2D eigenvalue weighted by atomic mass is 10.1. The molecule has 2 aromatic rings. The van der Waals surface area contributed by atoms with Crippen LogP contribution in [0.25, 0.3) is 0 Å². The second kappa shape index (κ2) is 10.5. The third-order valence-corrected chi connectivity index (χ3v) is 6.28. The molecule has 0 spiro atoms. The van der Waals surface area contributed by atoms with E-state index >= 15 is 0 Å². The summed E-state index contributed by atoms with van der Waals surface area (Å²) in [5.74, 6) is 3.16. The number of aliphatic hydroxyl groups is 1. The first-order valence-electron chi connectivity index (χ1n) is 11.6. The van der Waals surface area contributed by atoms with Crippen LogP contribution in [0.4, 0.5) is 0 Å². The van der Waals surface area contributed by atoms with E-state index in [-0.39, 0.29) is 6.61 Å². The number of nitrogens with zero attached hydrogens (tertiary/aromatic N) is 1. The van der Waals surface area contributed by atoms with Crippen molar-refractivity contribution in [2.45, 2.75) is 50.9 Å². The average molecular weight is 425 g/mol. The molecule has 0 radical (unpaired) electrons. The summed E-state index contributed by atoms with van der Waals surface area (Å²) in [6.45, 7) is 2.42. The lowest BCUT2D eigenvalue weighted by Gasteiger charge is -2.22. The Bertz CT molecular complexity index is 809. The van der Waals surface area contributed by atoms with Gasteiger partial charge in [0.05, 0.1) is 7.11 Å². The van der Waals surface area contributed by atoms with Crippen LogP contribution in [0.2, 0.25) is 0 Å². The van der Waals surface area contributed by atoms with E-state index in [0.717, 1.165) is 24.9 Å². The third-order valence-electron chi connectivity index (χ3n) is 6.28. The van der Waals surface area contributed by atoms with Gasteiger partial charge in [0.15, 0.2) is 11.5 Å². The van der Waals surface area contributed by atoms with Gasteiger partial charge in [-0.05, 0) is 67.8 Å². The zero-order chi connectivity index (χ0) is 21.6. The fourth-order valence-corrected chi connectivity index (χ4v) is 4.37. The van der Waals surface area contributed by atoms with Crippen molar-refractivity contribution < 1.29 is 14.6 Å². The van der Waals surface area contributed by atoms with Gasteiger partial charge in [-0.2, -0.15) is 0 Å². The van der Waals surface area contributed by atoms with Crippen molar-refractivity contribution in [3.8, 4) is 11.5 Å². The largest absolute Gasteiger partial charge is 0.493 e. The highest BCUT2D eigenvalue weighted by Crippen LogP contribution is 2.44. The molecule has 0 unspecified atom stereocenters. The van der Waals surface area contributed by atoms with Crippen LogP contribution in [0.1, 0.15) is 36.8 Å². The number of methoxy groups -OCH3 is 1. The molecule has 5 nitrogen and oxygen atoms in total. The Kier molecular flexibility index (Phi) is 7.49. The van der Waals surface area contributed by atoms with Crippen molar-refractivity contribution in [3.63, 3.8) is 0 Å². The fraction of sp³-hybridized carbons (Fsp3) is 0.538. The summed E-state index contributed by atoms with van der Waals surface area (Å²) in [5, 5.41) is 14.3. The van der Waals surface area contributed by atoms with Crippen LogP contribution < -0.4 is 14.8 Å². The maximum Gasteiger partial charge on any atom is 0.161 e. The van der Waals surface area contributed by atoms with E-state index in [1.807, 2.05) is 37.4 Å². The summed E-state index contributed by atoms with van der Waals surface area (Å²) in [6, 6.07) is 17.1. The number of aliphatic hydroxyl groups excluding tert-OH is 1. The molecule has 0 aliphatic heterocycles. The number of likely N-dealkylation sites (N-methyl/N-ethyl adjacent to an activating group) is 1. The van der Waals surface area contributed by atoms with Gasteiger partial charge < -0.3 is 19.9 Å². The van der Waals surface area contributed by atoms with Crippen molar-refractivity contribution in [2.75, 3.05) is 27.3 Å². The predicted octanol–water partition coefficient (Wildman–Crippen LogP) is 3.85. The minimum atomic E-state index is -0.575. The topological polar surface area (TPSA) is 54.0 Å². The van der Waals surface area contributed by atoms with Crippen LogP contribution in [-0.2, 0) is 13.1 Å². The van der Waals surface area contributed by atoms with Crippen LogP contribution in [0.5, 0.6) is 11.5 Å². The second-order valence-electron chi connectivity index (χ2n) is 9.21. The molecule has 0 heterocycles. The van der Waals surface area contributed by atoms with Gasteiger partial charge in [0.2, 0.25) is 0 Å². The molecule has 0 aromatic heterocycles. The average Bonchev–Trinajstić information content (AvgIpc) is 3.68. The summed E-state index contributed by atoms with van der Waals surface area (Å²) in [5.41, 5.74) is 2.42. The third kappa shape index (κ3) is 6.70. The van der Waals surface area contributed by atoms with Crippen LogP contribution in [0.15, 0.2) is 48.5 Å². The second-order valence-corrected chi connectivity index (χ2v) is 9.21. The first-order valence-corrected chi connectivity index (χ1v) is 11.6. The molecule has 0 saturated heterocycles. The molecule has 2 aliphatic carbocycles. The number of hydrogen-bond donors (Lipinski definition) is 2. The van der Waals surface area contributed by atoms with E-state index in [2.05, 4.69) is 28.4 Å². The zero-order valence-electron chi connectivity index (χ0n) is 18.8. The molecule has 2 aliphatic rings. The Morgan fingerprint density at radius 3 is 2.35 bits per heavy atom. The lowest BCUT2D eigenvalue weighted by molar-refractivity contribution is 0.0732. The molecular weight excluding hydrogens is 388 g/mol. The minimum absolute atomic E-state index is 0.235. The molecule has 5 heteroatoms. The zero-order valence-corrected chi connectivity index (χ0v) is 18.8. The summed E-state index contributed by atoms with van der Waals surface area (Å²) in [7, 11) is 3.67. The number of ether oxygens (including phenoxy) is 2. The Morgan fingerprint density at radius 1 is 1.00 bits per heavy atom. The Morgan fingerprint density at radius 2 is 1.71 bits per heavy atom. The SMILES string of the molecule is COc1ccc(CNC(C2CC2)C2CC2)cc1OC[C@@H](O)CN(C)Cc1ccccc1. The molecule has 4 rings (SSSR count). The Labute approximate surface area is 186 Å². The molecule has 2 fully saturated rings. The van der Waals surface area contributed by atoms with Crippen molar-refractivity contribution in [1.82, 2.24) is 10.2 Å². The molecule has 2 N–H and O–H groups in total. The predicted molar refractivity (Wildman–Crippen MR) is 123 cm³/mol. The number of rotatable bonds is 13. The van der Waals surface area contributed by atoms with Crippen LogP contribution in [0, 0.1) is 11.8 Å². The van der Waals surface area contributed by atoms with Gasteiger partial charge in [-0.3, -0.25) is 4.90 Å². The van der Waals surface area contributed by atoms with Gasteiger partial charge >= 0.3 is 0 Å². The van der Waals surface area contributed by atoms with Crippen LogP contribution in [0.3, 0.4) is 0 Å². The maximum atomic E-state index is 10.5. The molecule has 2 aromatic carbocycles. The highest BCUT2D eigenvalue weighted by atomic mass is 16.5. The first kappa shape index (κ1) is 22.1. The molecular formula is C26H36N2O3. The van der Waals surface area contributed by atoms with Gasteiger partial charge in [-0.15, -0.1) is 0 Å². The Hall–Kier alpha value is -2.08. The number of nitrogens with one attached hydrogen (secondary N) is 1. The number of benzene rings is 2. The standard InChI is InChI=1S/C26H36N2O3/c1-28(16-19-6-4-3-5-7-19)17-23(29)18-31-25-14-20(8-13-24(25)30-2)15-27-26(21-9-10-21)22-11-12-22/h3-8,13-14,21-23,26-27,29H,9-12,15-18H2,1-2H3/t23-/m0/s1. The highest BCUT2D eigenvalue weighted by molar-refractivity contribution is 5.43. The quantitative estimate of drug-likeness (QED) is 0.512. The molecule has 1 atom stereocenters. The van der Waals surface area contributed by atoms with Gasteiger partial charge in [-0.25, -0.2) is 0 Å². The molecule has 31 heavy (non-hydrogen) atoms. The van der Waals surface area contributed by atoms with Gasteiger partial charge in [0.1, 0.15) is 12.7 Å². The van der Waals surface area contributed by atoms with Gasteiger partial charge in [0, 0.05) is 25.7 Å². The van der Waals surface area contributed by atoms with E-state index < -0.39 is 6.10 Å². The molecule has 2 saturated carbocycles. The van der Waals surface area contributed by atoms with Crippen molar-refractivity contribution in [1.29, 1.82) is 0 Å². The van der Waals surface area contributed by atoms with Gasteiger partial charge in [-0.1, -0.05) is 36.4 Å². The van der Waals surface area contributed by atoms with E-state index in [9.17, 15) is 5.11 Å². The normalized spacial score (nSPS) is 17.2. The van der Waals surface area contributed by atoms with Crippen molar-refractivity contribution in [3.05, 3.63) is 59.7 Å². The molecule has 168 valence electrons. The smallest absolute Gasteiger partial charge is 0.161 e. The number of hydrogen-bond acceptors (Lipinski definition) is 5. The van der Waals surface area contributed by atoms with E-state index in [1.165, 1.54) is 36.8 Å². The summed E-state index contributed by atoms with van der Waals surface area (Å²) in [6.07, 6.45) is 4.93. The first-order chi connectivity index (χ1) is 15.1. The molecule has 0 bridgehead atoms. The Balaban J connectivity index is 1.27. The van der Waals surface area contributed by atoms with E-state index in [4.69, 9.17) is 9.47 Å². The van der Waals surface area contributed by atoms with E-state index in [0.29, 0.717) is 24.1 Å². The van der Waals surface area contributed by atoms with E-state index in [1.54, 1.807) is 7.11 Å². The summed E-state index contributed by atoms with van der Waals surface area (Å²) in [4.78, 5) is 2.11. The van der Waals surface area contributed by atoms with Crippen molar-refractivity contribution >= 4 is 0 Å². The van der Waals surface area contributed by atoms with Crippen LogP contribution in [-0.4, -0.2) is 49.5 Å². The van der Waals surface area contributed by atoms with Gasteiger partial charge in [0.25, 0.3) is 0 Å². The highest BCUT2D eigenvalue weighted by Gasteiger charge is 2.40. The van der Waals surface area contributed by atoms with Crippen molar-refractivity contribution in [2.24, 2.45) is 11.8 Å². The fourth-order valence-electron chi connectivity index (χ4n) is 4.37. The minimum Gasteiger partial charge on any atom is -0.493 e. The monoisotopic (exact) mass is 424 g/mol.